The summed E-state index contributed by atoms with van der Waals surface area (Å²) >= 11 is 5.88. The third-order valence-electron chi connectivity index (χ3n) is 2.28. The van der Waals surface area contributed by atoms with Gasteiger partial charge < -0.3 is 4.79 Å². The van der Waals surface area contributed by atoms with Gasteiger partial charge in [-0.3, -0.25) is 0 Å². The molecule has 0 bridgehead atoms. The van der Waals surface area contributed by atoms with Crippen molar-refractivity contribution in [3.8, 4) is 0 Å². The zero-order valence-corrected chi connectivity index (χ0v) is 9.51. The number of hydrogen-bond donors (Lipinski definition) is 0. The molecule has 0 aliphatic heterocycles. The average Bonchev–Trinajstić information content (AvgIpc) is 2.02. The molecule has 0 N–H and O–H groups in total. The summed E-state index contributed by atoms with van der Waals surface area (Å²) in [5.74, 6) is -0.0961. The van der Waals surface area contributed by atoms with Crippen molar-refractivity contribution in [1.29, 1.82) is 0 Å². The second-order valence-electron chi connectivity index (χ2n) is 4.53. The molecule has 2 heteroatoms. The molecule has 0 aromatic heterocycles. The van der Waals surface area contributed by atoms with Gasteiger partial charge >= 0.3 is 0 Å². The van der Waals surface area contributed by atoms with Gasteiger partial charge in [0.25, 0.3) is 0 Å². The van der Waals surface area contributed by atoms with Crippen LogP contribution in [0.5, 0.6) is 0 Å². The Morgan fingerprint density at radius 3 is 2.43 bits per heavy atom. The first-order valence-electron chi connectivity index (χ1n) is 4.66. The van der Waals surface area contributed by atoms with E-state index in [1.54, 1.807) is 0 Å². The van der Waals surface area contributed by atoms with Crippen molar-refractivity contribution in [3.05, 3.63) is 34.9 Å². The van der Waals surface area contributed by atoms with E-state index in [0.29, 0.717) is 5.02 Å². The Morgan fingerprint density at radius 1 is 1.36 bits per heavy atom. The van der Waals surface area contributed by atoms with Crippen molar-refractivity contribution < 1.29 is 4.79 Å². The maximum atomic E-state index is 11.0. The summed E-state index contributed by atoms with van der Waals surface area (Å²) in [6, 6.07) is 7.48. The Labute approximate surface area is 90.1 Å². The van der Waals surface area contributed by atoms with Gasteiger partial charge in [-0.1, -0.05) is 44.5 Å². The minimum Gasteiger partial charge on any atom is -0.303 e. The van der Waals surface area contributed by atoms with E-state index in [0.717, 1.165) is 11.8 Å². The van der Waals surface area contributed by atoms with Crippen LogP contribution in [-0.4, -0.2) is 6.29 Å². The molecule has 1 nitrogen and oxygen atoms in total. The lowest BCUT2D eigenvalue weighted by atomic mass is 9.77. The van der Waals surface area contributed by atoms with Crippen molar-refractivity contribution in [3.63, 3.8) is 0 Å². The van der Waals surface area contributed by atoms with E-state index in [-0.39, 0.29) is 11.3 Å². The van der Waals surface area contributed by atoms with Crippen LogP contribution in [-0.2, 0) is 4.79 Å². The summed E-state index contributed by atoms with van der Waals surface area (Å²) < 4.78 is 0. The number of hydrogen-bond acceptors (Lipinski definition) is 1. The lowest BCUT2D eigenvalue weighted by molar-refractivity contribution is -0.111. The highest BCUT2D eigenvalue weighted by Crippen LogP contribution is 2.33. The van der Waals surface area contributed by atoms with Gasteiger partial charge in [-0.05, 0) is 23.1 Å². The SMILES string of the molecule is CC(C)(C)C(C=O)c1cccc(Cl)c1. The average molecular weight is 211 g/mol. The Bertz CT molecular complexity index is 325. The Hall–Kier alpha value is -0.820. The fourth-order valence-electron chi connectivity index (χ4n) is 1.48. The van der Waals surface area contributed by atoms with Crippen LogP contribution in [0.25, 0.3) is 0 Å². The van der Waals surface area contributed by atoms with E-state index >= 15 is 0 Å². The van der Waals surface area contributed by atoms with Gasteiger partial charge in [-0.2, -0.15) is 0 Å². The molecule has 0 saturated carbocycles. The van der Waals surface area contributed by atoms with Crippen LogP contribution in [0.2, 0.25) is 5.02 Å². The zero-order valence-electron chi connectivity index (χ0n) is 8.75. The predicted molar refractivity (Wildman–Crippen MR) is 59.7 cm³/mol. The van der Waals surface area contributed by atoms with Gasteiger partial charge in [0.1, 0.15) is 6.29 Å². The standard InChI is InChI=1S/C12H15ClO/c1-12(2,3)11(8-14)9-5-4-6-10(13)7-9/h4-8,11H,1-3H3. The monoisotopic (exact) mass is 210 g/mol. The fraction of sp³-hybridized carbons (Fsp3) is 0.417. The smallest absolute Gasteiger partial charge is 0.127 e. The van der Waals surface area contributed by atoms with Crippen molar-refractivity contribution >= 4 is 17.9 Å². The topological polar surface area (TPSA) is 17.1 Å². The third kappa shape index (κ3) is 2.58. The minimum absolute atomic E-state index is 0.0631. The number of aldehydes is 1. The molecule has 1 unspecified atom stereocenters. The molecular formula is C12H15ClO. The molecule has 0 heterocycles. The first kappa shape index (κ1) is 11.3. The van der Waals surface area contributed by atoms with Crippen LogP contribution < -0.4 is 0 Å². The maximum absolute atomic E-state index is 11.0. The van der Waals surface area contributed by atoms with Gasteiger partial charge in [0.15, 0.2) is 0 Å². The first-order valence-corrected chi connectivity index (χ1v) is 5.03. The normalized spacial score (nSPS) is 13.7. The summed E-state index contributed by atoms with van der Waals surface area (Å²) in [6.07, 6.45) is 0.992. The molecule has 0 saturated heterocycles. The highest BCUT2D eigenvalue weighted by molar-refractivity contribution is 6.30. The van der Waals surface area contributed by atoms with Crippen molar-refractivity contribution in [2.45, 2.75) is 26.7 Å². The van der Waals surface area contributed by atoms with Crippen LogP contribution in [0.1, 0.15) is 32.3 Å². The van der Waals surface area contributed by atoms with Gasteiger partial charge in [0.2, 0.25) is 0 Å². The van der Waals surface area contributed by atoms with Crippen LogP contribution in [0.15, 0.2) is 24.3 Å². The highest BCUT2D eigenvalue weighted by Gasteiger charge is 2.25. The molecule has 0 fully saturated rings. The quantitative estimate of drug-likeness (QED) is 0.681. The zero-order chi connectivity index (χ0) is 10.8. The lowest BCUT2D eigenvalue weighted by Gasteiger charge is -2.26. The maximum Gasteiger partial charge on any atom is 0.127 e. The summed E-state index contributed by atoms with van der Waals surface area (Å²) in [5.41, 5.74) is 0.923. The fourth-order valence-corrected chi connectivity index (χ4v) is 1.68. The summed E-state index contributed by atoms with van der Waals surface area (Å²) in [4.78, 5) is 11.0. The lowest BCUT2D eigenvalue weighted by Crippen LogP contribution is -2.19. The first-order chi connectivity index (χ1) is 6.45. The molecule has 0 spiro atoms. The Morgan fingerprint density at radius 2 is 2.00 bits per heavy atom. The molecule has 0 aliphatic carbocycles. The van der Waals surface area contributed by atoms with Crippen LogP contribution in [0, 0.1) is 5.41 Å². The number of rotatable bonds is 2. The van der Waals surface area contributed by atoms with Gasteiger partial charge in [0, 0.05) is 10.9 Å². The van der Waals surface area contributed by atoms with E-state index in [1.807, 2.05) is 45.0 Å². The molecule has 0 amide bonds. The Balaban J connectivity index is 3.07. The second-order valence-corrected chi connectivity index (χ2v) is 4.97. The summed E-state index contributed by atoms with van der Waals surface area (Å²) in [5, 5.41) is 0.679. The van der Waals surface area contributed by atoms with Crippen LogP contribution >= 0.6 is 11.6 Å². The van der Waals surface area contributed by atoms with E-state index in [4.69, 9.17) is 11.6 Å². The molecular weight excluding hydrogens is 196 g/mol. The molecule has 76 valence electrons. The molecule has 14 heavy (non-hydrogen) atoms. The van der Waals surface area contributed by atoms with Crippen molar-refractivity contribution in [1.82, 2.24) is 0 Å². The molecule has 1 atom stereocenters. The van der Waals surface area contributed by atoms with E-state index in [9.17, 15) is 4.79 Å². The molecule has 1 rings (SSSR count). The van der Waals surface area contributed by atoms with Gasteiger partial charge in [-0.15, -0.1) is 0 Å². The molecule has 1 aromatic carbocycles. The largest absolute Gasteiger partial charge is 0.303 e. The number of carbonyl (C=O) groups is 1. The predicted octanol–water partition coefficient (Wildman–Crippen LogP) is 3.67. The summed E-state index contributed by atoms with van der Waals surface area (Å²) in [7, 11) is 0. The second kappa shape index (κ2) is 4.14. The number of carbonyl (C=O) groups excluding carboxylic acids is 1. The highest BCUT2D eigenvalue weighted by atomic mass is 35.5. The van der Waals surface area contributed by atoms with E-state index in [2.05, 4.69) is 0 Å². The van der Waals surface area contributed by atoms with E-state index in [1.165, 1.54) is 0 Å². The number of halogens is 1. The minimum atomic E-state index is -0.0961. The summed E-state index contributed by atoms with van der Waals surface area (Å²) in [6.45, 7) is 6.15. The van der Waals surface area contributed by atoms with Crippen molar-refractivity contribution in [2.75, 3.05) is 0 Å². The number of benzene rings is 1. The third-order valence-corrected chi connectivity index (χ3v) is 2.51. The van der Waals surface area contributed by atoms with Gasteiger partial charge in [-0.25, -0.2) is 0 Å². The molecule has 0 radical (unpaired) electrons. The van der Waals surface area contributed by atoms with Gasteiger partial charge in [0.05, 0.1) is 0 Å². The molecule has 0 aliphatic rings. The van der Waals surface area contributed by atoms with Crippen LogP contribution in [0.3, 0.4) is 0 Å². The Kier molecular flexibility index (Phi) is 3.33. The van der Waals surface area contributed by atoms with Crippen molar-refractivity contribution in [2.24, 2.45) is 5.41 Å². The van der Waals surface area contributed by atoms with E-state index < -0.39 is 0 Å². The van der Waals surface area contributed by atoms with Crippen LogP contribution in [0.4, 0.5) is 0 Å². The molecule has 1 aromatic rings.